The molecule has 0 atom stereocenters. The Morgan fingerprint density at radius 2 is 1.96 bits per heavy atom. The van der Waals surface area contributed by atoms with Crippen molar-refractivity contribution in [1.29, 1.82) is 0 Å². The third kappa shape index (κ3) is 2.86. The van der Waals surface area contributed by atoms with Gasteiger partial charge in [0.05, 0.1) is 16.7 Å². The van der Waals surface area contributed by atoms with Crippen LogP contribution in [0.4, 0.5) is 4.39 Å². The normalized spacial score (nSPS) is 12.6. The van der Waals surface area contributed by atoms with E-state index in [2.05, 4.69) is 0 Å². The maximum atomic E-state index is 14.2. The van der Waals surface area contributed by atoms with Crippen LogP contribution >= 0.6 is 11.6 Å². The van der Waals surface area contributed by atoms with E-state index < -0.39 is 34.3 Å². The molecule has 0 amide bonds. The predicted molar refractivity (Wildman–Crippen MR) is 78.6 cm³/mol. The van der Waals surface area contributed by atoms with Crippen molar-refractivity contribution in [2.24, 2.45) is 7.05 Å². The van der Waals surface area contributed by atoms with E-state index in [1.807, 2.05) is 0 Å². The second-order valence-corrected chi connectivity index (χ2v) is 5.74. The van der Waals surface area contributed by atoms with Gasteiger partial charge < -0.3 is 14.5 Å². The molecule has 1 aliphatic rings. The van der Waals surface area contributed by atoms with E-state index in [4.69, 9.17) is 11.6 Å². The van der Waals surface area contributed by atoms with Gasteiger partial charge >= 0.3 is 35.2 Å². The molecule has 1 aromatic carbocycles. The summed E-state index contributed by atoms with van der Waals surface area (Å²) in [6.45, 7) is 0. The first kappa shape index (κ1) is 18.9. The average molecular weight is 361 g/mol. The van der Waals surface area contributed by atoms with Gasteiger partial charge in [0, 0.05) is 23.9 Å². The molecule has 6 nitrogen and oxygen atoms in total. The van der Waals surface area contributed by atoms with Crippen LogP contribution in [-0.2, 0) is 19.9 Å². The minimum absolute atomic E-state index is 0. The summed E-state index contributed by atoms with van der Waals surface area (Å²) in [4.78, 5) is 36.0. The zero-order chi connectivity index (χ0) is 16.9. The first-order chi connectivity index (χ1) is 10.8. The Morgan fingerprint density at radius 1 is 1.29 bits per heavy atom. The van der Waals surface area contributed by atoms with Gasteiger partial charge in [-0.15, -0.1) is 0 Å². The molecular formula is C15H11ClFN2NaO4. The fraction of sp³-hybridized carbons (Fsp3) is 0.267. The Hall–Kier alpha value is -1.41. The minimum Gasteiger partial charge on any atom is -0.545 e. The molecule has 24 heavy (non-hydrogen) atoms. The van der Waals surface area contributed by atoms with Crippen LogP contribution in [0.1, 0.15) is 28.0 Å². The molecule has 0 saturated carbocycles. The second kappa shape index (κ2) is 6.84. The van der Waals surface area contributed by atoms with Crippen LogP contribution in [0.15, 0.2) is 21.7 Å². The summed E-state index contributed by atoms with van der Waals surface area (Å²) in [5, 5.41) is 10.7. The monoisotopic (exact) mass is 360 g/mol. The van der Waals surface area contributed by atoms with Crippen LogP contribution in [0.25, 0.3) is 5.69 Å². The van der Waals surface area contributed by atoms with E-state index >= 15 is 0 Å². The predicted octanol–water partition coefficient (Wildman–Crippen LogP) is -2.82. The summed E-state index contributed by atoms with van der Waals surface area (Å²) < 4.78 is 16.1. The van der Waals surface area contributed by atoms with Crippen LogP contribution in [-0.4, -0.2) is 15.1 Å². The fourth-order valence-corrected chi connectivity index (χ4v) is 3.12. The fourth-order valence-electron chi connectivity index (χ4n) is 2.89. The van der Waals surface area contributed by atoms with Gasteiger partial charge in [0.1, 0.15) is 5.82 Å². The smallest absolute Gasteiger partial charge is 0.545 e. The molecule has 0 spiro atoms. The molecule has 2 aromatic rings. The topological polar surface area (TPSA) is 84.1 Å². The van der Waals surface area contributed by atoms with Gasteiger partial charge in [-0.2, -0.15) is 0 Å². The molecule has 0 N–H and O–H groups in total. The molecule has 0 unspecified atom stereocenters. The van der Waals surface area contributed by atoms with E-state index in [-0.39, 0.29) is 34.6 Å². The SMILES string of the molecule is Cn1c2c(c(=O)n(-c3cc(C(=O)[O-])c(Cl)cc3F)c1=O)CCC2.[Na+]. The van der Waals surface area contributed by atoms with Gasteiger partial charge in [-0.3, -0.25) is 4.79 Å². The van der Waals surface area contributed by atoms with Gasteiger partial charge in [-0.05, 0) is 31.4 Å². The summed E-state index contributed by atoms with van der Waals surface area (Å²) >= 11 is 5.66. The van der Waals surface area contributed by atoms with Crippen molar-refractivity contribution in [3.05, 3.63) is 60.6 Å². The Balaban J connectivity index is 0.00000208. The van der Waals surface area contributed by atoms with E-state index in [1.54, 1.807) is 0 Å². The molecule has 1 aliphatic carbocycles. The van der Waals surface area contributed by atoms with Crippen molar-refractivity contribution in [2.75, 3.05) is 0 Å². The number of halogens is 2. The van der Waals surface area contributed by atoms with Crippen LogP contribution in [0.3, 0.4) is 0 Å². The number of aromatic nitrogens is 2. The molecule has 1 aromatic heterocycles. The number of rotatable bonds is 2. The molecule has 9 heteroatoms. The Bertz CT molecular complexity index is 967. The minimum atomic E-state index is -1.62. The van der Waals surface area contributed by atoms with Crippen LogP contribution in [0.5, 0.6) is 0 Å². The van der Waals surface area contributed by atoms with Crippen molar-refractivity contribution in [1.82, 2.24) is 9.13 Å². The van der Waals surface area contributed by atoms with Gasteiger partial charge in [0.15, 0.2) is 0 Å². The van der Waals surface area contributed by atoms with E-state index in [0.717, 1.165) is 18.6 Å². The average Bonchev–Trinajstić information content (AvgIpc) is 2.96. The van der Waals surface area contributed by atoms with Crippen LogP contribution < -0.4 is 45.9 Å². The summed E-state index contributed by atoms with van der Waals surface area (Å²) in [5.74, 6) is -2.58. The summed E-state index contributed by atoms with van der Waals surface area (Å²) in [7, 11) is 1.50. The number of carboxylic acid groups (broad SMARTS) is 1. The van der Waals surface area contributed by atoms with Gasteiger partial charge in [0.25, 0.3) is 5.56 Å². The number of benzene rings is 1. The molecule has 0 saturated heterocycles. The maximum absolute atomic E-state index is 14.2. The summed E-state index contributed by atoms with van der Waals surface area (Å²) in [6.07, 6.45) is 1.82. The zero-order valence-corrected chi connectivity index (χ0v) is 15.8. The number of carbonyl (C=O) groups excluding carboxylic acids is 1. The number of carboxylic acids is 1. The molecule has 120 valence electrons. The van der Waals surface area contributed by atoms with Crippen molar-refractivity contribution in [3.63, 3.8) is 0 Å². The van der Waals surface area contributed by atoms with Crippen LogP contribution in [0.2, 0.25) is 5.02 Å². The first-order valence-corrected chi connectivity index (χ1v) is 7.25. The van der Waals surface area contributed by atoms with Gasteiger partial charge in [-0.1, -0.05) is 11.6 Å². The van der Waals surface area contributed by atoms with Crippen molar-refractivity contribution < 1.29 is 43.8 Å². The number of aromatic carboxylic acids is 1. The maximum Gasteiger partial charge on any atom is 1.00 e. The standard InChI is InChI=1S/C15H12ClFN2O4.Na/c1-18-11-4-2-3-7(11)13(20)19(15(18)23)12-5-8(14(21)22)9(16)6-10(12)17;/h5-6H,2-4H2,1H3,(H,21,22);/q;+1/p-1. The third-order valence-corrected chi connectivity index (χ3v) is 4.34. The number of nitrogens with zero attached hydrogens (tertiary/aromatic N) is 2. The van der Waals surface area contributed by atoms with Crippen molar-refractivity contribution in [2.45, 2.75) is 19.3 Å². The van der Waals surface area contributed by atoms with Gasteiger partial charge in [-0.25, -0.2) is 13.8 Å². The molecule has 3 rings (SSSR count). The van der Waals surface area contributed by atoms with Crippen LogP contribution in [0, 0.1) is 5.82 Å². The van der Waals surface area contributed by atoms with Gasteiger partial charge in [0.2, 0.25) is 0 Å². The molecule has 0 fully saturated rings. The van der Waals surface area contributed by atoms with Crippen molar-refractivity contribution >= 4 is 17.6 Å². The van der Waals surface area contributed by atoms with E-state index in [9.17, 15) is 23.9 Å². The largest absolute Gasteiger partial charge is 1.00 e. The second-order valence-electron chi connectivity index (χ2n) is 5.33. The number of fused-ring (bicyclic) bond motifs is 1. The zero-order valence-electron chi connectivity index (χ0n) is 13.1. The number of carbonyl (C=O) groups is 1. The molecule has 0 bridgehead atoms. The van der Waals surface area contributed by atoms with E-state index in [1.165, 1.54) is 11.6 Å². The Morgan fingerprint density at radius 3 is 2.58 bits per heavy atom. The summed E-state index contributed by atoms with van der Waals surface area (Å²) in [5.41, 5.74) is -1.24. The third-order valence-electron chi connectivity index (χ3n) is 4.03. The Kier molecular flexibility index (Phi) is 5.39. The first-order valence-electron chi connectivity index (χ1n) is 6.87. The molecule has 0 radical (unpaired) electrons. The molecule has 1 heterocycles. The quantitative estimate of drug-likeness (QED) is 0.541. The number of hydrogen-bond acceptors (Lipinski definition) is 4. The molecule has 0 aliphatic heterocycles. The Labute approximate surface area is 162 Å². The number of hydrogen-bond donors (Lipinski definition) is 0. The molecular weight excluding hydrogens is 350 g/mol. The summed E-state index contributed by atoms with van der Waals surface area (Å²) in [6, 6.07) is 1.60. The van der Waals surface area contributed by atoms with Crippen molar-refractivity contribution in [3.8, 4) is 5.69 Å². The van der Waals surface area contributed by atoms with E-state index in [0.29, 0.717) is 28.7 Å².